The van der Waals surface area contributed by atoms with Crippen LogP contribution in [0, 0.1) is 11.6 Å². The number of para-hydroxylation sites is 1. The van der Waals surface area contributed by atoms with E-state index >= 15 is 0 Å². The summed E-state index contributed by atoms with van der Waals surface area (Å²) >= 11 is 1.33. The number of carbonyl (C=O) groups excluding carboxylic acids is 2. The van der Waals surface area contributed by atoms with E-state index in [4.69, 9.17) is 0 Å². The minimum absolute atomic E-state index is 0.0117. The molecule has 4 nitrogen and oxygen atoms in total. The van der Waals surface area contributed by atoms with Gasteiger partial charge in [-0.05, 0) is 42.3 Å². The molecule has 0 aliphatic carbocycles. The maximum absolute atomic E-state index is 14.4. The lowest BCUT2D eigenvalue weighted by molar-refractivity contribution is -0.115. The number of thioether (sulfide) groups is 1. The maximum atomic E-state index is 14.4. The van der Waals surface area contributed by atoms with Crippen molar-refractivity contribution in [3.05, 3.63) is 95.1 Å². The van der Waals surface area contributed by atoms with Gasteiger partial charge in [-0.1, -0.05) is 37.3 Å². The average Bonchev–Trinajstić information content (AvgIpc) is 3.15. The third-order valence-electron chi connectivity index (χ3n) is 5.14. The average molecular weight is 438 g/mol. The lowest BCUT2D eigenvalue weighted by Gasteiger charge is -2.26. The minimum Gasteiger partial charge on any atom is -0.322 e. The third-order valence-corrected chi connectivity index (χ3v) is 6.33. The summed E-state index contributed by atoms with van der Waals surface area (Å²) in [6.45, 7) is 2.04. The van der Waals surface area contributed by atoms with Crippen molar-refractivity contribution >= 4 is 35.0 Å². The number of benzene rings is 3. The predicted molar refractivity (Wildman–Crippen MR) is 119 cm³/mol. The second kappa shape index (κ2) is 8.89. The highest BCUT2D eigenvalue weighted by atomic mass is 32.2. The molecule has 3 aromatic rings. The monoisotopic (exact) mass is 438 g/mol. The quantitative estimate of drug-likeness (QED) is 0.568. The zero-order valence-electron chi connectivity index (χ0n) is 16.8. The zero-order chi connectivity index (χ0) is 22.0. The topological polar surface area (TPSA) is 49.4 Å². The molecule has 1 aliphatic heterocycles. The number of hydrogen-bond donors (Lipinski definition) is 1. The summed E-state index contributed by atoms with van der Waals surface area (Å²) in [5.74, 6) is -1.92. The molecule has 0 unspecified atom stereocenters. The fraction of sp³-hybridized carbons (Fsp3) is 0.167. The number of nitrogens with zero attached hydrogens (tertiary/aromatic N) is 1. The molecule has 0 saturated carbocycles. The van der Waals surface area contributed by atoms with Crippen LogP contribution in [0.25, 0.3) is 0 Å². The summed E-state index contributed by atoms with van der Waals surface area (Å²) in [6.07, 6.45) is 0.882. The van der Waals surface area contributed by atoms with Crippen molar-refractivity contribution < 1.29 is 18.4 Å². The fourth-order valence-corrected chi connectivity index (χ4v) is 4.71. The van der Waals surface area contributed by atoms with Crippen LogP contribution in [0.1, 0.15) is 33.8 Å². The van der Waals surface area contributed by atoms with Crippen LogP contribution in [0.5, 0.6) is 0 Å². The highest BCUT2D eigenvalue weighted by Gasteiger charge is 2.37. The number of rotatable bonds is 5. The first-order chi connectivity index (χ1) is 15.0. The SMILES string of the molecule is CCc1ccc(C(=O)Nc2ccccc2[C@@H]2SCC(=O)N2c2ccc(F)cc2F)cc1. The summed E-state index contributed by atoms with van der Waals surface area (Å²) in [5.41, 5.74) is 2.86. The molecule has 4 rings (SSSR count). The molecule has 1 aliphatic rings. The first-order valence-corrected chi connectivity index (χ1v) is 10.9. The molecule has 1 atom stereocenters. The van der Waals surface area contributed by atoms with Crippen LogP contribution in [0.4, 0.5) is 20.2 Å². The van der Waals surface area contributed by atoms with Gasteiger partial charge in [0.1, 0.15) is 17.0 Å². The first kappa shape index (κ1) is 21.1. The molecular formula is C24H20F2N2O2S. The van der Waals surface area contributed by atoms with Crippen LogP contribution in [0.2, 0.25) is 0 Å². The van der Waals surface area contributed by atoms with E-state index in [1.807, 2.05) is 19.1 Å². The molecule has 2 amide bonds. The predicted octanol–water partition coefficient (Wildman–Crippen LogP) is 5.56. The number of nitrogens with one attached hydrogen (secondary N) is 1. The van der Waals surface area contributed by atoms with Crippen LogP contribution in [0.15, 0.2) is 66.7 Å². The molecule has 1 saturated heterocycles. The molecular weight excluding hydrogens is 418 g/mol. The second-order valence-corrected chi connectivity index (χ2v) is 8.18. The minimum atomic E-state index is -0.807. The summed E-state index contributed by atoms with van der Waals surface area (Å²) in [7, 11) is 0. The van der Waals surface area contributed by atoms with Gasteiger partial charge in [0.05, 0.1) is 11.4 Å². The molecule has 158 valence electrons. The van der Waals surface area contributed by atoms with E-state index in [-0.39, 0.29) is 23.3 Å². The van der Waals surface area contributed by atoms with Crippen molar-refractivity contribution in [1.29, 1.82) is 0 Å². The van der Waals surface area contributed by atoms with Crippen LogP contribution in [-0.2, 0) is 11.2 Å². The molecule has 3 aromatic carbocycles. The molecule has 0 spiro atoms. The van der Waals surface area contributed by atoms with E-state index in [2.05, 4.69) is 5.32 Å². The number of anilines is 2. The van der Waals surface area contributed by atoms with E-state index in [9.17, 15) is 18.4 Å². The van der Waals surface area contributed by atoms with Gasteiger partial charge in [-0.3, -0.25) is 14.5 Å². The third kappa shape index (κ3) is 4.32. The van der Waals surface area contributed by atoms with Gasteiger partial charge >= 0.3 is 0 Å². The Hall–Kier alpha value is -3.19. The smallest absolute Gasteiger partial charge is 0.255 e. The van der Waals surface area contributed by atoms with Crippen LogP contribution in [-0.4, -0.2) is 17.6 Å². The van der Waals surface area contributed by atoms with Gasteiger partial charge in [0.15, 0.2) is 0 Å². The number of hydrogen-bond acceptors (Lipinski definition) is 3. The molecule has 1 heterocycles. The van der Waals surface area contributed by atoms with Crippen molar-refractivity contribution in [1.82, 2.24) is 0 Å². The van der Waals surface area contributed by atoms with Gasteiger partial charge < -0.3 is 5.32 Å². The van der Waals surface area contributed by atoms with Crippen molar-refractivity contribution in [3.8, 4) is 0 Å². The molecule has 1 fully saturated rings. The Morgan fingerprint density at radius 3 is 2.55 bits per heavy atom. The second-order valence-electron chi connectivity index (χ2n) is 7.11. The summed E-state index contributed by atoms with van der Waals surface area (Å²) in [6, 6.07) is 17.6. The van der Waals surface area contributed by atoms with Gasteiger partial charge in [0, 0.05) is 22.9 Å². The van der Waals surface area contributed by atoms with Crippen LogP contribution < -0.4 is 10.2 Å². The van der Waals surface area contributed by atoms with Crippen LogP contribution >= 0.6 is 11.8 Å². The number of carbonyl (C=O) groups is 2. The van der Waals surface area contributed by atoms with Crippen molar-refractivity contribution in [2.75, 3.05) is 16.0 Å². The lowest BCUT2D eigenvalue weighted by Crippen LogP contribution is -2.29. The number of amides is 2. The van der Waals surface area contributed by atoms with E-state index in [1.54, 1.807) is 36.4 Å². The Morgan fingerprint density at radius 1 is 1.10 bits per heavy atom. The highest BCUT2D eigenvalue weighted by Crippen LogP contribution is 2.44. The van der Waals surface area contributed by atoms with Crippen molar-refractivity contribution in [2.24, 2.45) is 0 Å². The molecule has 31 heavy (non-hydrogen) atoms. The van der Waals surface area contributed by atoms with Crippen molar-refractivity contribution in [3.63, 3.8) is 0 Å². The molecule has 0 aromatic heterocycles. The Kier molecular flexibility index (Phi) is 6.04. The molecule has 0 radical (unpaired) electrons. The maximum Gasteiger partial charge on any atom is 0.255 e. The van der Waals surface area contributed by atoms with E-state index in [0.29, 0.717) is 16.8 Å². The fourth-order valence-electron chi connectivity index (χ4n) is 3.50. The van der Waals surface area contributed by atoms with Gasteiger partial charge in [-0.2, -0.15) is 0 Å². The van der Waals surface area contributed by atoms with Gasteiger partial charge in [0.25, 0.3) is 5.91 Å². The van der Waals surface area contributed by atoms with Crippen molar-refractivity contribution in [2.45, 2.75) is 18.7 Å². The Labute approximate surface area is 183 Å². The summed E-state index contributed by atoms with van der Waals surface area (Å²) in [5, 5.41) is 2.36. The summed E-state index contributed by atoms with van der Waals surface area (Å²) in [4.78, 5) is 26.7. The zero-order valence-corrected chi connectivity index (χ0v) is 17.6. The molecule has 1 N–H and O–H groups in total. The largest absolute Gasteiger partial charge is 0.322 e. The normalized spacial score (nSPS) is 15.9. The Bertz CT molecular complexity index is 1130. The van der Waals surface area contributed by atoms with E-state index < -0.39 is 17.0 Å². The summed E-state index contributed by atoms with van der Waals surface area (Å²) < 4.78 is 27.8. The first-order valence-electron chi connectivity index (χ1n) is 9.86. The van der Waals surface area contributed by atoms with Gasteiger partial charge in [-0.25, -0.2) is 8.78 Å². The highest BCUT2D eigenvalue weighted by molar-refractivity contribution is 8.00. The van der Waals surface area contributed by atoms with Gasteiger partial charge in [-0.15, -0.1) is 11.8 Å². The van der Waals surface area contributed by atoms with Crippen LogP contribution in [0.3, 0.4) is 0 Å². The Morgan fingerprint density at radius 2 is 1.84 bits per heavy atom. The number of aryl methyl sites for hydroxylation is 1. The standard InChI is InChI=1S/C24H20F2N2O2S/c1-2-15-7-9-16(10-8-15)23(30)27-20-6-4-3-5-18(20)24-28(22(29)14-31-24)21-12-11-17(25)13-19(21)26/h3-13,24H,2,14H2,1H3,(H,27,30)/t24-/m0/s1. The molecule has 0 bridgehead atoms. The Balaban J connectivity index is 1.65. The van der Waals surface area contributed by atoms with E-state index in [1.165, 1.54) is 22.7 Å². The molecule has 7 heteroatoms. The van der Waals surface area contributed by atoms with E-state index in [0.717, 1.165) is 24.1 Å². The number of halogens is 2. The van der Waals surface area contributed by atoms with Gasteiger partial charge in [0.2, 0.25) is 5.91 Å². The lowest BCUT2D eigenvalue weighted by atomic mass is 10.1.